The Kier molecular flexibility index (Phi) is 5.15. The number of amides is 2. The lowest BCUT2D eigenvalue weighted by Crippen LogP contribution is -2.56. The number of carbonyl (C=O) groups is 1. The summed E-state index contributed by atoms with van der Waals surface area (Å²) in [5.41, 5.74) is 0.610. The third kappa shape index (κ3) is 4.08. The van der Waals surface area contributed by atoms with Gasteiger partial charge in [-0.3, -0.25) is 10.2 Å². The number of piperidine rings is 1. The Balaban J connectivity index is 1.54. The van der Waals surface area contributed by atoms with E-state index in [4.69, 9.17) is 0 Å². The molecule has 2 amide bonds. The summed E-state index contributed by atoms with van der Waals surface area (Å²) in [6.07, 6.45) is -1.82. The van der Waals surface area contributed by atoms with Crippen molar-refractivity contribution >= 4 is 23.4 Å². The molecule has 0 saturated carbocycles. The second-order valence-corrected chi connectivity index (χ2v) is 8.02. The van der Waals surface area contributed by atoms with Gasteiger partial charge in [-0.2, -0.15) is 13.2 Å². The highest BCUT2D eigenvalue weighted by molar-refractivity contribution is 6.04. The maximum Gasteiger partial charge on any atom is 0.416 e. The van der Waals surface area contributed by atoms with E-state index >= 15 is 0 Å². The number of fused-ring (bicyclic) bond motifs is 4. The highest BCUT2D eigenvalue weighted by atomic mass is 19.4. The highest BCUT2D eigenvalue weighted by Gasteiger charge is 2.38. The molecule has 1 aromatic carbocycles. The van der Waals surface area contributed by atoms with Crippen molar-refractivity contribution in [3.05, 3.63) is 66.1 Å². The predicted molar refractivity (Wildman–Crippen MR) is 116 cm³/mol. The molecule has 2 aliphatic rings. The van der Waals surface area contributed by atoms with Gasteiger partial charge in [-0.15, -0.1) is 0 Å². The van der Waals surface area contributed by atoms with Crippen molar-refractivity contribution in [3.63, 3.8) is 0 Å². The molecule has 0 unspecified atom stereocenters. The summed E-state index contributed by atoms with van der Waals surface area (Å²) in [6.45, 7) is 1.44. The number of nitrogens with zero attached hydrogens (tertiary/aromatic N) is 4. The van der Waals surface area contributed by atoms with Crippen molar-refractivity contribution in [2.45, 2.75) is 25.1 Å². The summed E-state index contributed by atoms with van der Waals surface area (Å²) in [4.78, 5) is 25.4. The number of pyridine rings is 2. The third-order valence-corrected chi connectivity index (χ3v) is 5.85. The van der Waals surface area contributed by atoms with Crippen LogP contribution in [0.1, 0.15) is 18.4 Å². The van der Waals surface area contributed by atoms with E-state index in [0.29, 0.717) is 23.6 Å². The van der Waals surface area contributed by atoms with Crippen molar-refractivity contribution < 1.29 is 22.4 Å². The number of rotatable bonds is 2. The molecule has 6 nitrogen and oxygen atoms in total. The second kappa shape index (κ2) is 8.02. The van der Waals surface area contributed by atoms with Crippen LogP contribution < -0.4 is 15.1 Å². The van der Waals surface area contributed by atoms with Crippen LogP contribution in [0.2, 0.25) is 0 Å². The highest BCUT2D eigenvalue weighted by Crippen LogP contribution is 2.40. The number of nitrogens with one attached hydrogen (secondary N) is 1. The van der Waals surface area contributed by atoms with Crippen LogP contribution in [0.15, 0.2) is 54.7 Å². The summed E-state index contributed by atoms with van der Waals surface area (Å²) in [5, 5.41) is 2.67. The molecule has 1 saturated heterocycles. The van der Waals surface area contributed by atoms with E-state index in [1.165, 1.54) is 23.1 Å². The topological polar surface area (TPSA) is 61.4 Å². The smallest absolute Gasteiger partial charge is 0.366 e. The monoisotopic (exact) mass is 457 g/mol. The molecule has 4 heterocycles. The zero-order valence-corrected chi connectivity index (χ0v) is 17.3. The summed E-state index contributed by atoms with van der Waals surface area (Å²) in [6, 6.07) is 10.3. The van der Waals surface area contributed by atoms with Crippen LogP contribution in [0.5, 0.6) is 0 Å². The molecule has 5 rings (SSSR count). The SMILES string of the molecule is O=C(Nc1ccc(F)cn1)N1c2nc(-c3cccc(C(F)(F)F)c3)ccc2N2CCC[C@H]1C2. The summed E-state index contributed by atoms with van der Waals surface area (Å²) in [5.74, 6) is 0.0438. The molecule has 1 atom stereocenters. The number of anilines is 3. The minimum atomic E-state index is -4.47. The second-order valence-electron chi connectivity index (χ2n) is 8.02. The predicted octanol–water partition coefficient (Wildman–Crippen LogP) is 5.32. The number of aromatic nitrogens is 2. The first-order valence-electron chi connectivity index (χ1n) is 10.4. The largest absolute Gasteiger partial charge is 0.416 e. The zero-order valence-electron chi connectivity index (χ0n) is 17.3. The fourth-order valence-corrected chi connectivity index (χ4v) is 4.32. The van der Waals surface area contributed by atoms with Gasteiger partial charge < -0.3 is 4.90 Å². The molecule has 1 N–H and O–H groups in total. The van der Waals surface area contributed by atoms with E-state index in [1.54, 1.807) is 18.2 Å². The number of carbonyl (C=O) groups excluding carboxylic acids is 1. The van der Waals surface area contributed by atoms with E-state index in [-0.39, 0.29) is 11.9 Å². The van der Waals surface area contributed by atoms with E-state index in [2.05, 4.69) is 20.2 Å². The summed E-state index contributed by atoms with van der Waals surface area (Å²) in [7, 11) is 0. The lowest BCUT2D eigenvalue weighted by molar-refractivity contribution is -0.137. The maximum atomic E-state index is 13.2. The normalized spacial score (nSPS) is 17.5. The van der Waals surface area contributed by atoms with Crippen molar-refractivity contribution in [2.24, 2.45) is 0 Å². The number of hydrogen-bond acceptors (Lipinski definition) is 4. The van der Waals surface area contributed by atoms with Crippen molar-refractivity contribution in [1.82, 2.24) is 9.97 Å². The van der Waals surface area contributed by atoms with E-state index in [9.17, 15) is 22.4 Å². The van der Waals surface area contributed by atoms with Crippen LogP contribution in [0.3, 0.4) is 0 Å². The van der Waals surface area contributed by atoms with Crippen molar-refractivity contribution in [2.75, 3.05) is 28.2 Å². The average Bonchev–Trinajstić information content (AvgIpc) is 2.80. The van der Waals surface area contributed by atoms with Gasteiger partial charge in [0, 0.05) is 18.7 Å². The fraction of sp³-hybridized carbons (Fsp3) is 0.261. The lowest BCUT2D eigenvalue weighted by Gasteiger charge is -2.45. The molecule has 33 heavy (non-hydrogen) atoms. The molecule has 2 aliphatic heterocycles. The molecule has 170 valence electrons. The molecule has 10 heteroatoms. The number of urea groups is 1. The van der Waals surface area contributed by atoms with Crippen LogP contribution >= 0.6 is 0 Å². The molecule has 0 aliphatic carbocycles. The van der Waals surface area contributed by atoms with Crippen LogP contribution in [0.25, 0.3) is 11.3 Å². The Morgan fingerprint density at radius 1 is 1.12 bits per heavy atom. The summed E-state index contributed by atoms with van der Waals surface area (Å²) >= 11 is 0. The van der Waals surface area contributed by atoms with Gasteiger partial charge in [-0.05, 0) is 49.2 Å². The molecular weight excluding hydrogens is 438 g/mol. The Hall–Kier alpha value is -3.69. The van der Waals surface area contributed by atoms with Gasteiger partial charge in [0.15, 0.2) is 5.82 Å². The molecule has 2 bridgehead atoms. The van der Waals surface area contributed by atoms with E-state index in [0.717, 1.165) is 43.4 Å². The molecule has 1 fully saturated rings. The van der Waals surface area contributed by atoms with Crippen molar-refractivity contribution in [3.8, 4) is 11.3 Å². The van der Waals surface area contributed by atoms with Crippen LogP contribution in [-0.4, -0.2) is 35.1 Å². The standard InChI is InChI=1S/C23H19F4N5O/c24-16-6-9-20(28-12-16)30-22(33)32-17-5-2-10-31(13-17)19-8-7-18(29-21(19)32)14-3-1-4-15(11-14)23(25,26)27/h1,3-4,6-9,11-12,17H,2,5,10,13H2,(H,28,30,33)/t17-/m0/s1. The summed E-state index contributed by atoms with van der Waals surface area (Å²) < 4.78 is 52.8. The van der Waals surface area contributed by atoms with E-state index in [1.807, 2.05) is 0 Å². The zero-order chi connectivity index (χ0) is 23.2. The first kappa shape index (κ1) is 21.2. The molecular formula is C23H19F4N5O. The van der Waals surface area contributed by atoms with Gasteiger partial charge in [0.2, 0.25) is 0 Å². The first-order chi connectivity index (χ1) is 15.8. The van der Waals surface area contributed by atoms with Gasteiger partial charge in [-0.25, -0.2) is 19.2 Å². The molecule has 0 radical (unpaired) electrons. The Bertz CT molecular complexity index is 1200. The van der Waals surface area contributed by atoms with Crippen LogP contribution in [-0.2, 0) is 6.18 Å². The molecule has 3 aromatic rings. The average molecular weight is 457 g/mol. The van der Waals surface area contributed by atoms with Gasteiger partial charge in [-0.1, -0.05) is 12.1 Å². The number of alkyl halides is 3. The minimum absolute atomic E-state index is 0.157. The van der Waals surface area contributed by atoms with Crippen LogP contribution in [0.4, 0.5) is 39.7 Å². The van der Waals surface area contributed by atoms with Gasteiger partial charge in [0.1, 0.15) is 11.6 Å². The number of hydrogen-bond donors (Lipinski definition) is 1. The maximum absolute atomic E-state index is 13.2. The van der Waals surface area contributed by atoms with E-state index < -0.39 is 23.6 Å². The minimum Gasteiger partial charge on any atom is -0.366 e. The fourth-order valence-electron chi connectivity index (χ4n) is 4.32. The Labute approximate surface area is 186 Å². The van der Waals surface area contributed by atoms with Gasteiger partial charge in [0.05, 0.1) is 29.2 Å². The first-order valence-corrected chi connectivity index (χ1v) is 10.4. The Morgan fingerprint density at radius 3 is 2.73 bits per heavy atom. The Morgan fingerprint density at radius 2 is 1.97 bits per heavy atom. The third-order valence-electron chi connectivity index (χ3n) is 5.85. The molecule has 0 spiro atoms. The van der Waals surface area contributed by atoms with Crippen molar-refractivity contribution in [1.29, 1.82) is 0 Å². The number of halogens is 4. The lowest BCUT2D eigenvalue weighted by atomic mass is 9.99. The quantitative estimate of drug-likeness (QED) is 0.529. The van der Waals surface area contributed by atoms with Gasteiger partial charge >= 0.3 is 12.2 Å². The van der Waals surface area contributed by atoms with Crippen LogP contribution in [0, 0.1) is 5.82 Å². The number of benzene rings is 1. The van der Waals surface area contributed by atoms with Gasteiger partial charge in [0.25, 0.3) is 0 Å². The molecule has 2 aromatic heterocycles.